The minimum absolute atomic E-state index is 0.0916. The minimum Gasteiger partial charge on any atom is -0.271 e. The van der Waals surface area contributed by atoms with Crippen LogP contribution < -0.4 is 5.56 Å². The van der Waals surface area contributed by atoms with E-state index in [9.17, 15) is 4.79 Å². The molecular formula is C11H8ClN5O. The zero-order valence-electron chi connectivity index (χ0n) is 9.38. The Kier molecular flexibility index (Phi) is 2.38. The average Bonchev–Trinajstić information content (AvgIpc) is 2.81. The Morgan fingerprint density at radius 3 is 2.94 bits per heavy atom. The second-order valence-electron chi connectivity index (χ2n) is 3.77. The summed E-state index contributed by atoms with van der Waals surface area (Å²) in [7, 11) is 0. The molecule has 0 radical (unpaired) electrons. The summed E-state index contributed by atoms with van der Waals surface area (Å²) in [5.74, 6) is 0.815. The van der Waals surface area contributed by atoms with E-state index in [-0.39, 0.29) is 10.6 Å². The van der Waals surface area contributed by atoms with Gasteiger partial charge in [-0.3, -0.25) is 14.9 Å². The number of nitrogens with one attached hydrogen (secondary N) is 1. The molecule has 3 rings (SSSR count). The molecular weight excluding hydrogens is 254 g/mol. The molecule has 0 saturated carbocycles. The monoisotopic (exact) mass is 261 g/mol. The van der Waals surface area contributed by atoms with Crippen LogP contribution in [0.1, 0.15) is 5.69 Å². The topological polar surface area (TPSA) is 75.9 Å². The van der Waals surface area contributed by atoms with Gasteiger partial charge in [-0.1, -0.05) is 11.6 Å². The molecule has 18 heavy (non-hydrogen) atoms. The molecule has 7 heteroatoms. The third-order valence-corrected chi connectivity index (χ3v) is 2.98. The van der Waals surface area contributed by atoms with Gasteiger partial charge in [0.15, 0.2) is 5.82 Å². The average molecular weight is 262 g/mol. The van der Waals surface area contributed by atoms with Crippen molar-refractivity contribution in [1.29, 1.82) is 0 Å². The highest BCUT2D eigenvalue weighted by Crippen LogP contribution is 2.14. The van der Waals surface area contributed by atoms with Crippen LogP contribution in [0.5, 0.6) is 0 Å². The number of aromatic nitrogens is 5. The molecule has 0 aliphatic heterocycles. The molecule has 0 unspecified atom stereocenters. The number of H-pyrrole nitrogens is 1. The summed E-state index contributed by atoms with van der Waals surface area (Å²) in [6.45, 7) is 1.67. The molecule has 6 nitrogen and oxygen atoms in total. The highest BCUT2D eigenvalue weighted by Gasteiger charge is 2.12. The van der Waals surface area contributed by atoms with Crippen LogP contribution in [0, 0.1) is 6.92 Å². The number of rotatable bonds is 1. The highest BCUT2D eigenvalue weighted by atomic mass is 35.5. The van der Waals surface area contributed by atoms with Crippen molar-refractivity contribution in [3.8, 4) is 11.4 Å². The standard InChI is InChI=1S/C11H8ClN5O/c1-6-8(12)10(18)17-11(14-6)15-9(16-17)7-3-2-4-13-5-7/h2-5H,1H3,(H,14,15,16). The molecule has 0 atom stereocenters. The first kappa shape index (κ1) is 10.9. The SMILES string of the molecule is Cc1nc2nc(-c3cccnc3)[nH]n2c(=O)c1Cl. The molecule has 3 aromatic heterocycles. The number of halogens is 1. The molecule has 0 bridgehead atoms. The first-order valence-electron chi connectivity index (χ1n) is 5.22. The summed E-state index contributed by atoms with van der Waals surface area (Å²) in [6, 6.07) is 3.63. The van der Waals surface area contributed by atoms with Gasteiger partial charge in [-0.05, 0) is 19.1 Å². The summed E-state index contributed by atoms with van der Waals surface area (Å²) in [5.41, 5.74) is 0.879. The predicted molar refractivity (Wildman–Crippen MR) is 66.6 cm³/mol. The van der Waals surface area contributed by atoms with Gasteiger partial charge < -0.3 is 0 Å². The van der Waals surface area contributed by atoms with Crippen LogP contribution >= 0.6 is 11.6 Å². The molecule has 0 spiro atoms. The van der Waals surface area contributed by atoms with Crippen LogP contribution in [-0.4, -0.2) is 24.6 Å². The Morgan fingerprint density at radius 1 is 1.39 bits per heavy atom. The van der Waals surface area contributed by atoms with E-state index in [1.165, 1.54) is 4.52 Å². The molecule has 3 aromatic rings. The van der Waals surface area contributed by atoms with Crippen molar-refractivity contribution in [2.45, 2.75) is 6.92 Å². The number of nitrogens with zero attached hydrogens (tertiary/aromatic N) is 4. The fraction of sp³-hybridized carbons (Fsp3) is 0.0909. The number of aryl methyl sites for hydroxylation is 1. The van der Waals surface area contributed by atoms with Crippen LogP contribution in [-0.2, 0) is 0 Å². The maximum atomic E-state index is 11.9. The lowest BCUT2D eigenvalue weighted by Gasteiger charge is -1.95. The molecule has 0 fully saturated rings. The number of aromatic amines is 1. The van der Waals surface area contributed by atoms with Crippen molar-refractivity contribution in [2.75, 3.05) is 0 Å². The lowest BCUT2D eigenvalue weighted by Crippen LogP contribution is -2.17. The van der Waals surface area contributed by atoms with Crippen LogP contribution in [0.15, 0.2) is 29.3 Å². The number of hydrogen-bond acceptors (Lipinski definition) is 4. The minimum atomic E-state index is -0.359. The maximum absolute atomic E-state index is 11.9. The fourth-order valence-electron chi connectivity index (χ4n) is 1.63. The predicted octanol–water partition coefficient (Wildman–Crippen LogP) is 1.44. The second-order valence-corrected chi connectivity index (χ2v) is 4.14. The Balaban J connectivity index is 2.30. The van der Waals surface area contributed by atoms with E-state index in [2.05, 4.69) is 20.1 Å². The largest absolute Gasteiger partial charge is 0.293 e. The first-order valence-corrected chi connectivity index (χ1v) is 5.60. The zero-order valence-corrected chi connectivity index (χ0v) is 10.1. The molecule has 0 aromatic carbocycles. The lowest BCUT2D eigenvalue weighted by molar-refractivity contribution is 0.892. The van der Waals surface area contributed by atoms with Crippen LogP contribution in [0.2, 0.25) is 5.02 Å². The summed E-state index contributed by atoms with van der Waals surface area (Å²) in [4.78, 5) is 24.3. The van der Waals surface area contributed by atoms with Crippen molar-refractivity contribution in [3.63, 3.8) is 0 Å². The van der Waals surface area contributed by atoms with Crippen LogP contribution in [0.25, 0.3) is 17.2 Å². The Morgan fingerprint density at radius 2 is 2.22 bits per heavy atom. The van der Waals surface area contributed by atoms with E-state index >= 15 is 0 Å². The van der Waals surface area contributed by atoms with Gasteiger partial charge in [0.25, 0.3) is 11.3 Å². The fourth-order valence-corrected chi connectivity index (χ4v) is 1.76. The van der Waals surface area contributed by atoms with Crippen LogP contribution in [0.4, 0.5) is 0 Å². The van der Waals surface area contributed by atoms with E-state index < -0.39 is 0 Å². The molecule has 0 amide bonds. The van der Waals surface area contributed by atoms with E-state index in [0.717, 1.165) is 5.56 Å². The summed E-state index contributed by atoms with van der Waals surface area (Å²) >= 11 is 5.86. The van der Waals surface area contributed by atoms with Gasteiger partial charge in [0.1, 0.15) is 5.02 Å². The molecule has 3 heterocycles. The molecule has 1 N–H and O–H groups in total. The molecule has 90 valence electrons. The molecule has 0 aliphatic carbocycles. The van der Waals surface area contributed by atoms with Crippen LogP contribution in [0.3, 0.4) is 0 Å². The summed E-state index contributed by atoms with van der Waals surface area (Å²) in [6.07, 6.45) is 3.31. The summed E-state index contributed by atoms with van der Waals surface area (Å²) < 4.78 is 1.22. The summed E-state index contributed by atoms with van der Waals surface area (Å²) in [5, 5.41) is 2.95. The lowest BCUT2D eigenvalue weighted by atomic mass is 10.3. The third kappa shape index (κ3) is 1.58. The maximum Gasteiger partial charge on any atom is 0.293 e. The van der Waals surface area contributed by atoms with Gasteiger partial charge >= 0.3 is 0 Å². The van der Waals surface area contributed by atoms with E-state index in [0.29, 0.717) is 17.3 Å². The third-order valence-electron chi connectivity index (χ3n) is 2.54. The van der Waals surface area contributed by atoms with E-state index in [1.807, 2.05) is 6.07 Å². The van der Waals surface area contributed by atoms with Gasteiger partial charge in [-0.2, -0.15) is 9.50 Å². The van der Waals surface area contributed by atoms with Gasteiger partial charge in [0.05, 0.1) is 5.69 Å². The van der Waals surface area contributed by atoms with E-state index in [4.69, 9.17) is 11.6 Å². The van der Waals surface area contributed by atoms with Crippen molar-refractivity contribution in [2.24, 2.45) is 0 Å². The number of pyridine rings is 1. The second kappa shape index (κ2) is 3.92. The highest BCUT2D eigenvalue weighted by molar-refractivity contribution is 6.31. The van der Waals surface area contributed by atoms with Gasteiger partial charge in [-0.25, -0.2) is 4.98 Å². The smallest absolute Gasteiger partial charge is 0.271 e. The van der Waals surface area contributed by atoms with Crippen molar-refractivity contribution < 1.29 is 0 Å². The number of fused-ring (bicyclic) bond motifs is 1. The van der Waals surface area contributed by atoms with Gasteiger partial charge in [0, 0.05) is 18.0 Å². The van der Waals surface area contributed by atoms with E-state index in [1.54, 1.807) is 25.4 Å². The normalized spacial score (nSPS) is 11.0. The Labute approximate surface area is 106 Å². The quantitative estimate of drug-likeness (QED) is 0.719. The van der Waals surface area contributed by atoms with Gasteiger partial charge in [-0.15, -0.1) is 0 Å². The Bertz CT molecular complexity index is 777. The molecule has 0 saturated heterocycles. The first-order chi connectivity index (χ1) is 8.66. The van der Waals surface area contributed by atoms with Crippen molar-refractivity contribution in [1.82, 2.24) is 24.6 Å². The Hall–Kier alpha value is -2.21. The van der Waals surface area contributed by atoms with Gasteiger partial charge in [0.2, 0.25) is 0 Å². The van der Waals surface area contributed by atoms with Crippen molar-refractivity contribution in [3.05, 3.63) is 45.6 Å². The van der Waals surface area contributed by atoms with Crippen molar-refractivity contribution >= 4 is 17.4 Å². The molecule has 0 aliphatic rings. The zero-order chi connectivity index (χ0) is 12.7. The number of hydrogen-bond donors (Lipinski definition) is 1.